The minimum Gasteiger partial charge on any atom is -0.487 e. The molecule has 3 rings (SSSR count). The van der Waals surface area contributed by atoms with Crippen LogP contribution in [0.1, 0.15) is 25.0 Å². The molecule has 1 aliphatic heterocycles. The van der Waals surface area contributed by atoms with Gasteiger partial charge in [-0.05, 0) is 49.4 Å². The molecule has 35 heavy (non-hydrogen) atoms. The van der Waals surface area contributed by atoms with Crippen molar-refractivity contribution in [2.24, 2.45) is 5.92 Å². The fourth-order valence-corrected chi connectivity index (χ4v) is 5.83. The standard InChI is InChI=1S/C24H29FN2O6S2/c1-17-14-27(18(2)16-28)35(31,32)24-12-9-20(6-5-19-7-10-21(25)11-8-19)13-22(24)33-23(17)15-26(3)34(4,29)30/h7-13,17-18,23,28H,14-16H2,1-4H3/t17-,18-,23+/m0/s1. The maximum Gasteiger partial charge on any atom is 0.247 e. The van der Waals surface area contributed by atoms with Gasteiger partial charge in [0.25, 0.3) is 0 Å². The van der Waals surface area contributed by atoms with E-state index >= 15 is 0 Å². The Bertz CT molecular complexity index is 1330. The first-order chi connectivity index (χ1) is 16.3. The molecule has 0 spiro atoms. The van der Waals surface area contributed by atoms with Gasteiger partial charge in [0.1, 0.15) is 22.6 Å². The fraction of sp³-hybridized carbons (Fsp3) is 0.417. The van der Waals surface area contributed by atoms with Crippen molar-refractivity contribution in [2.75, 3.05) is 33.0 Å². The van der Waals surface area contributed by atoms with Gasteiger partial charge < -0.3 is 9.84 Å². The Kier molecular flexibility index (Phi) is 8.24. The van der Waals surface area contributed by atoms with Crippen LogP contribution in [-0.2, 0) is 20.0 Å². The number of nitrogens with zero attached hydrogens (tertiary/aromatic N) is 2. The average Bonchev–Trinajstić information content (AvgIpc) is 2.79. The van der Waals surface area contributed by atoms with Crippen molar-refractivity contribution in [3.63, 3.8) is 0 Å². The lowest BCUT2D eigenvalue weighted by Gasteiger charge is -2.37. The van der Waals surface area contributed by atoms with Crippen LogP contribution < -0.4 is 4.74 Å². The van der Waals surface area contributed by atoms with Gasteiger partial charge in [0.05, 0.1) is 19.4 Å². The Labute approximate surface area is 206 Å². The summed E-state index contributed by atoms with van der Waals surface area (Å²) in [4.78, 5) is -0.0935. The topological polar surface area (TPSA) is 104 Å². The normalized spacial score (nSPS) is 21.1. The van der Waals surface area contributed by atoms with Crippen LogP contribution in [-0.4, -0.2) is 75.7 Å². The second-order valence-corrected chi connectivity index (χ2v) is 12.7. The second kappa shape index (κ2) is 10.6. The number of sulfonamides is 2. The maximum atomic E-state index is 13.5. The fourth-order valence-electron chi connectivity index (χ4n) is 3.59. The number of hydrogen-bond acceptors (Lipinski definition) is 6. The summed E-state index contributed by atoms with van der Waals surface area (Å²) in [5.74, 6) is 5.09. The quantitative estimate of drug-likeness (QED) is 0.599. The number of rotatable bonds is 5. The van der Waals surface area contributed by atoms with Crippen molar-refractivity contribution in [2.45, 2.75) is 30.9 Å². The smallest absolute Gasteiger partial charge is 0.247 e. The molecule has 1 N–H and O–H groups in total. The lowest BCUT2D eigenvalue weighted by molar-refractivity contribution is 0.0905. The predicted molar refractivity (Wildman–Crippen MR) is 130 cm³/mol. The van der Waals surface area contributed by atoms with Crippen molar-refractivity contribution >= 4 is 20.0 Å². The predicted octanol–water partition coefficient (Wildman–Crippen LogP) is 1.89. The molecule has 0 saturated heterocycles. The molecule has 0 fully saturated rings. The third-order valence-electron chi connectivity index (χ3n) is 5.87. The maximum absolute atomic E-state index is 13.5. The summed E-state index contributed by atoms with van der Waals surface area (Å²) < 4.78 is 72.7. The molecular weight excluding hydrogens is 495 g/mol. The van der Waals surface area contributed by atoms with Crippen LogP contribution in [0.25, 0.3) is 0 Å². The van der Waals surface area contributed by atoms with Gasteiger partial charge in [-0.2, -0.15) is 4.31 Å². The van der Waals surface area contributed by atoms with Gasteiger partial charge in [0.2, 0.25) is 20.0 Å². The third-order valence-corrected chi connectivity index (χ3v) is 9.17. The van der Waals surface area contributed by atoms with Crippen molar-refractivity contribution in [1.82, 2.24) is 8.61 Å². The molecule has 8 nitrogen and oxygen atoms in total. The number of fused-ring (bicyclic) bond motifs is 1. The highest BCUT2D eigenvalue weighted by atomic mass is 32.2. The first kappa shape index (κ1) is 27.1. The summed E-state index contributed by atoms with van der Waals surface area (Å²) in [6.45, 7) is 3.05. The molecule has 190 valence electrons. The summed E-state index contributed by atoms with van der Waals surface area (Å²) >= 11 is 0. The molecule has 0 amide bonds. The first-order valence-electron chi connectivity index (χ1n) is 10.9. The number of ether oxygens (including phenoxy) is 1. The second-order valence-electron chi connectivity index (χ2n) is 8.70. The first-order valence-corrected chi connectivity index (χ1v) is 14.2. The number of benzene rings is 2. The molecular formula is C24H29FN2O6S2. The Morgan fingerprint density at radius 1 is 1.20 bits per heavy atom. The summed E-state index contributed by atoms with van der Waals surface area (Å²) in [6, 6.07) is 9.39. The molecule has 11 heteroatoms. The zero-order valence-electron chi connectivity index (χ0n) is 20.0. The van der Waals surface area contributed by atoms with Crippen LogP contribution in [0.4, 0.5) is 4.39 Å². The molecule has 0 bridgehead atoms. The molecule has 0 saturated carbocycles. The van der Waals surface area contributed by atoms with E-state index in [1.807, 2.05) is 0 Å². The Balaban J connectivity index is 2.08. The van der Waals surface area contributed by atoms with Crippen molar-refractivity contribution in [1.29, 1.82) is 0 Å². The van der Waals surface area contributed by atoms with Crippen LogP contribution in [0.15, 0.2) is 47.4 Å². The lowest BCUT2D eigenvalue weighted by atomic mass is 10.0. The largest absolute Gasteiger partial charge is 0.487 e. The van der Waals surface area contributed by atoms with E-state index in [-0.39, 0.29) is 36.2 Å². The average molecular weight is 525 g/mol. The highest BCUT2D eigenvalue weighted by molar-refractivity contribution is 7.89. The van der Waals surface area contributed by atoms with E-state index in [1.54, 1.807) is 19.9 Å². The van der Waals surface area contributed by atoms with Crippen LogP contribution in [0, 0.1) is 23.6 Å². The van der Waals surface area contributed by atoms with E-state index < -0.39 is 38.1 Å². The molecule has 1 aliphatic rings. The number of hydrogen-bond donors (Lipinski definition) is 1. The van der Waals surface area contributed by atoms with E-state index in [9.17, 15) is 26.3 Å². The number of halogens is 1. The molecule has 2 aromatic rings. The number of aliphatic hydroxyl groups is 1. The highest BCUT2D eigenvalue weighted by Gasteiger charge is 2.38. The van der Waals surface area contributed by atoms with Crippen molar-refractivity contribution < 1.29 is 31.1 Å². The van der Waals surface area contributed by atoms with E-state index in [0.29, 0.717) is 11.1 Å². The minimum atomic E-state index is -4.03. The van der Waals surface area contributed by atoms with Gasteiger partial charge in [-0.1, -0.05) is 18.8 Å². The van der Waals surface area contributed by atoms with Crippen LogP contribution >= 0.6 is 0 Å². The van der Waals surface area contributed by atoms with E-state index in [0.717, 1.165) is 10.6 Å². The van der Waals surface area contributed by atoms with Gasteiger partial charge in [-0.15, -0.1) is 0 Å². The third kappa shape index (κ3) is 6.39. The molecule has 0 aromatic heterocycles. The summed E-state index contributed by atoms with van der Waals surface area (Å²) in [7, 11) is -6.10. The van der Waals surface area contributed by atoms with Crippen LogP contribution in [0.2, 0.25) is 0 Å². The molecule has 0 radical (unpaired) electrons. The van der Waals surface area contributed by atoms with Crippen LogP contribution in [0.5, 0.6) is 5.75 Å². The van der Waals surface area contributed by atoms with Gasteiger partial charge >= 0.3 is 0 Å². The van der Waals surface area contributed by atoms with Gasteiger partial charge in [-0.3, -0.25) is 0 Å². The minimum absolute atomic E-state index is 0.00627. The summed E-state index contributed by atoms with van der Waals surface area (Å²) in [6.07, 6.45) is 0.417. The molecule has 0 aliphatic carbocycles. The van der Waals surface area contributed by atoms with Crippen LogP contribution in [0.3, 0.4) is 0 Å². The van der Waals surface area contributed by atoms with E-state index in [2.05, 4.69) is 11.8 Å². The van der Waals surface area contributed by atoms with E-state index in [4.69, 9.17) is 4.74 Å². The summed E-state index contributed by atoms with van der Waals surface area (Å²) in [5.41, 5.74) is 1.05. The Hall–Kier alpha value is -2.49. The molecule has 3 atom stereocenters. The molecule has 2 aromatic carbocycles. The zero-order chi connectivity index (χ0) is 26.0. The number of likely N-dealkylation sites (N-methyl/N-ethyl adjacent to an activating group) is 1. The Morgan fingerprint density at radius 3 is 2.40 bits per heavy atom. The highest BCUT2D eigenvalue weighted by Crippen LogP contribution is 2.34. The SMILES string of the molecule is C[C@H]1CN([C@@H](C)CO)S(=O)(=O)c2ccc(C#Cc3ccc(F)cc3)cc2O[C@@H]1CN(C)S(C)(=O)=O. The van der Waals surface area contributed by atoms with Gasteiger partial charge in [0.15, 0.2) is 0 Å². The Morgan fingerprint density at radius 2 is 1.80 bits per heavy atom. The van der Waals surface area contributed by atoms with E-state index in [1.165, 1.54) is 47.8 Å². The summed E-state index contributed by atoms with van der Waals surface area (Å²) in [5, 5.41) is 9.71. The van der Waals surface area contributed by atoms with Gasteiger partial charge in [0, 0.05) is 36.7 Å². The zero-order valence-corrected chi connectivity index (χ0v) is 21.6. The van der Waals surface area contributed by atoms with Crippen molar-refractivity contribution in [3.05, 3.63) is 59.4 Å². The van der Waals surface area contributed by atoms with Gasteiger partial charge in [-0.25, -0.2) is 25.5 Å². The molecule has 0 unspecified atom stereocenters. The molecule has 1 heterocycles. The van der Waals surface area contributed by atoms with Crippen molar-refractivity contribution in [3.8, 4) is 17.6 Å². The number of aliphatic hydroxyl groups excluding tert-OH is 1. The lowest BCUT2D eigenvalue weighted by Crippen LogP contribution is -2.50. The monoisotopic (exact) mass is 524 g/mol.